The van der Waals surface area contributed by atoms with Crippen LogP contribution in [0.25, 0.3) is 0 Å². The van der Waals surface area contributed by atoms with E-state index in [-0.39, 0.29) is 5.38 Å². The Morgan fingerprint density at radius 1 is 1.31 bits per heavy atom. The Morgan fingerprint density at radius 2 is 2.00 bits per heavy atom. The number of halogens is 1. The molecule has 13 heavy (non-hydrogen) atoms. The molecule has 1 aromatic rings. The summed E-state index contributed by atoms with van der Waals surface area (Å²) < 4.78 is 0. The third kappa shape index (κ3) is 3.31. The Balaban J connectivity index is 2.66. The van der Waals surface area contributed by atoms with E-state index in [1.165, 1.54) is 0 Å². The first-order valence-corrected chi connectivity index (χ1v) is 5.13. The first-order valence-electron chi connectivity index (χ1n) is 4.70. The van der Waals surface area contributed by atoms with E-state index >= 15 is 0 Å². The van der Waals surface area contributed by atoms with Gasteiger partial charge in [-0.05, 0) is 18.9 Å². The number of rotatable bonds is 4. The molecule has 0 aliphatic rings. The molecular weight excluding hydrogens is 184 g/mol. The molecular formula is C10H15ClN2. The molecule has 0 spiro atoms. The molecule has 1 unspecified atom stereocenters. The molecule has 2 nitrogen and oxygen atoms in total. The van der Waals surface area contributed by atoms with Crippen molar-refractivity contribution >= 4 is 11.6 Å². The van der Waals surface area contributed by atoms with Crippen LogP contribution in [-0.2, 0) is 12.8 Å². The Bertz CT molecular complexity index is 263. The SMILES string of the molecule is CCc1cc(CC(Cl)CC)ncn1. The second-order valence-corrected chi connectivity index (χ2v) is 3.68. The van der Waals surface area contributed by atoms with Crippen LogP contribution >= 0.6 is 11.6 Å². The van der Waals surface area contributed by atoms with E-state index in [1.54, 1.807) is 6.33 Å². The number of hydrogen-bond acceptors (Lipinski definition) is 2. The van der Waals surface area contributed by atoms with Crippen LogP contribution in [0.5, 0.6) is 0 Å². The van der Waals surface area contributed by atoms with Gasteiger partial charge in [-0.25, -0.2) is 9.97 Å². The zero-order chi connectivity index (χ0) is 9.68. The van der Waals surface area contributed by atoms with Crippen LogP contribution in [0.15, 0.2) is 12.4 Å². The normalized spacial score (nSPS) is 12.8. The Morgan fingerprint density at radius 3 is 2.62 bits per heavy atom. The van der Waals surface area contributed by atoms with Crippen LogP contribution in [0.1, 0.15) is 31.7 Å². The maximum absolute atomic E-state index is 6.03. The van der Waals surface area contributed by atoms with Crippen molar-refractivity contribution in [3.8, 4) is 0 Å². The van der Waals surface area contributed by atoms with Crippen LogP contribution in [0.3, 0.4) is 0 Å². The van der Waals surface area contributed by atoms with Gasteiger partial charge < -0.3 is 0 Å². The molecule has 1 rings (SSSR count). The highest BCUT2D eigenvalue weighted by molar-refractivity contribution is 6.20. The number of alkyl halides is 1. The Hall–Kier alpha value is -0.630. The summed E-state index contributed by atoms with van der Waals surface area (Å²) in [5, 5.41) is 0.194. The van der Waals surface area contributed by atoms with E-state index in [0.717, 1.165) is 30.7 Å². The van der Waals surface area contributed by atoms with Gasteiger partial charge in [-0.1, -0.05) is 13.8 Å². The van der Waals surface area contributed by atoms with Gasteiger partial charge in [-0.2, -0.15) is 0 Å². The van der Waals surface area contributed by atoms with E-state index in [4.69, 9.17) is 11.6 Å². The second kappa shape index (κ2) is 5.18. The van der Waals surface area contributed by atoms with E-state index in [2.05, 4.69) is 23.8 Å². The lowest BCUT2D eigenvalue weighted by molar-refractivity contribution is 0.778. The molecule has 0 saturated carbocycles. The largest absolute Gasteiger partial charge is 0.241 e. The Labute approximate surface area is 84.4 Å². The minimum atomic E-state index is 0.194. The van der Waals surface area contributed by atoms with Gasteiger partial charge in [0.25, 0.3) is 0 Å². The van der Waals surface area contributed by atoms with Crippen molar-refractivity contribution in [2.75, 3.05) is 0 Å². The third-order valence-electron chi connectivity index (χ3n) is 2.02. The first-order chi connectivity index (χ1) is 6.26. The summed E-state index contributed by atoms with van der Waals surface area (Å²) >= 11 is 6.03. The lowest BCUT2D eigenvalue weighted by Crippen LogP contribution is -2.04. The standard InChI is InChI=1S/C10H15ClN2/c1-3-8(11)5-10-6-9(4-2)12-7-13-10/h6-8H,3-5H2,1-2H3. The summed E-state index contributed by atoms with van der Waals surface area (Å²) in [5.74, 6) is 0. The fourth-order valence-corrected chi connectivity index (χ4v) is 1.28. The van der Waals surface area contributed by atoms with E-state index in [9.17, 15) is 0 Å². The van der Waals surface area contributed by atoms with Crippen molar-refractivity contribution in [1.29, 1.82) is 0 Å². The highest BCUT2D eigenvalue weighted by Crippen LogP contribution is 2.09. The van der Waals surface area contributed by atoms with Crippen molar-refractivity contribution in [3.63, 3.8) is 0 Å². The maximum atomic E-state index is 6.03. The number of aromatic nitrogens is 2. The van der Waals surface area contributed by atoms with Gasteiger partial charge in [0.05, 0.1) is 0 Å². The van der Waals surface area contributed by atoms with Crippen molar-refractivity contribution in [2.45, 2.75) is 38.5 Å². The van der Waals surface area contributed by atoms with Gasteiger partial charge in [-0.15, -0.1) is 11.6 Å². The maximum Gasteiger partial charge on any atom is 0.115 e. The molecule has 1 heterocycles. The van der Waals surface area contributed by atoms with Crippen LogP contribution in [-0.4, -0.2) is 15.3 Å². The fraction of sp³-hybridized carbons (Fsp3) is 0.600. The third-order valence-corrected chi connectivity index (χ3v) is 2.48. The summed E-state index contributed by atoms with van der Waals surface area (Å²) in [5.41, 5.74) is 2.14. The Kier molecular flexibility index (Phi) is 4.16. The summed E-state index contributed by atoms with van der Waals surface area (Å²) in [4.78, 5) is 8.32. The zero-order valence-corrected chi connectivity index (χ0v) is 8.88. The van der Waals surface area contributed by atoms with Gasteiger partial charge in [0.15, 0.2) is 0 Å². The molecule has 72 valence electrons. The second-order valence-electron chi connectivity index (χ2n) is 3.06. The minimum Gasteiger partial charge on any atom is -0.241 e. The number of nitrogens with zero attached hydrogens (tertiary/aromatic N) is 2. The highest BCUT2D eigenvalue weighted by Gasteiger charge is 2.04. The lowest BCUT2D eigenvalue weighted by Gasteiger charge is -2.05. The summed E-state index contributed by atoms with van der Waals surface area (Å²) in [6, 6.07) is 2.03. The number of aryl methyl sites for hydroxylation is 1. The first kappa shape index (κ1) is 10.5. The molecule has 0 aliphatic heterocycles. The summed E-state index contributed by atoms with van der Waals surface area (Å²) in [6.07, 6.45) is 4.39. The van der Waals surface area contributed by atoms with Crippen molar-refractivity contribution in [2.24, 2.45) is 0 Å². The topological polar surface area (TPSA) is 25.8 Å². The predicted octanol–water partition coefficient (Wildman–Crippen LogP) is 2.60. The molecule has 0 aliphatic carbocycles. The average Bonchev–Trinajstić information content (AvgIpc) is 2.18. The van der Waals surface area contributed by atoms with Crippen LogP contribution < -0.4 is 0 Å². The van der Waals surface area contributed by atoms with Gasteiger partial charge in [0, 0.05) is 23.2 Å². The molecule has 0 radical (unpaired) electrons. The van der Waals surface area contributed by atoms with E-state index in [1.807, 2.05) is 6.07 Å². The predicted molar refractivity (Wildman–Crippen MR) is 55.0 cm³/mol. The molecule has 3 heteroatoms. The van der Waals surface area contributed by atoms with Crippen LogP contribution in [0, 0.1) is 0 Å². The summed E-state index contributed by atoms with van der Waals surface area (Å²) in [6.45, 7) is 4.17. The van der Waals surface area contributed by atoms with Crippen molar-refractivity contribution in [1.82, 2.24) is 9.97 Å². The molecule has 1 atom stereocenters. The van der Waals surface area contributed by atoms with Crippen molar-refractivity contribution < 1.29 is 0 Å². The van der Waals surface area contributed by atoms with Gasteiger partial charge in [0.2, 0.25) is 0 Å². The van der Waals surface area contributed by atoms with Crippen LogP contribution in [0.2, 0.25) is 0 Å². The minimum absolute atomic E-state index is 0.194. The molecule has 0 fully saturated rings. The van der Waals surface area contributed by atoms with Crippen LogP contribution in [0.4, 0.5) is 0 Å². The van der Waals surface area contributed by atoms with Crippen molar-refractivity contribution in [3.05, 3.63) is 23.8 Å². The zero-order valence-electron chi connectivity index (χ0n) is 8.13. The van der Waals surface area contributed by atoms with Gasteiger partial charge in [0.1, 0.15) is 6.33 Å². The van der Waals surface area contributed by atoms with Gasteiger partial charge >= 0.3 is 0 Å². The number of hydrogen-bond donors (Lipinski definition) is 0. The monoisotopic (exact) mass is 198 g/mol. The average molecular weight is 199 g/mol. The molecule has 0 aromatic carbocycles. The van der Waals surface area contributed by atoms with E-state index in [0.29, 0.717) is 0 Å². The molecule has 0 N–H and O–H groups in total. The smallest absolute Gasteiger partial charge is 0.115 e. The highest BCUT2D eigenvalue weighted by atomic mass is 35.5. The lowest BCUT2D eigenvalue weighted by atomic mass is 10.1. The van der Waals surface area contributed by atoms with Gasteiger partial charge in [-0.3, -0.25) is 0 Å². The molecule has 0 amide bonds. The fourth-order valence-electron chi connectivity index (χ4n) is 1.12. The molecule has 1 aromatic heterocycles. The molecule has 0 bridgehead atoms. The van der Waals surface area contributed by atoms with E-state index < -0.39 is 0 Å². The quantitative estimate of drug-likeness (QED) is 0.696. The summed E-state index contributed by atoms with van der Waals surface area (Å²) in [7, 11) is 0. The molecule has 0 saturated heterocycles.